The summed E-state index contributed by atoms with van der Waals surface area (Å²) in [6, 6.07) is 1.55. The fourth-order valence-electron chi connectivity index (χ4n) is 0.881. The van der Waals surface area contributed by atoms with Gasteiger partial charge in [-0.15, -0.1) is 0 Å². The summed E-state index contributed by atoms with van der Waals surface area (Å²) in [5.74, 6) is 0.367. The first kappa shape index (κ1) is 12.3. The molecule has 16 heavy (non-hydrogen) atoms. The van der Waals surface area contributed by atoms with Gasteiger partial charge in [0.2, 0.25) is 0 Å². The van der Waals surface area contributed by atoms with Crippen molar-refractivity contribution in [3.8, 4) is 0 Å². The molecule has 0 aromatic carbocycles. The standard InChI is InChI=1S/C9H13N3O4/c1-14-8(15-2)5-16-9(13)12-7-3-4-10-6-11-7/h3-4,6,8H,5H2,1-2H3,(H,10,11,12,13). The summed E-state index contributed by atoms with van der Waals surface area (Å²) >= 11 is 0. The number of carbonyl (C=O) groups is 1. The second-order valence-corrected chi connectivity index (χ2v) is 2.72. The predicted octanol–water partition coefficient (Wildman–Crippen LogP) is 0.644. The Labute approximate surface area is 92.7 Å². The summed E-state index contributed by atoms with van der Waals surface area (Å²) in [4.78, 5) is 18.8. The number of hydrogen-bond donors (Lipinski definition) is 1. The highest BCUT2D eigenvalue weighted by Gasteiger charge is 2.09. The van der Waals surface area contributed by atoms with Crippen LogP contribution in [-0.4, -0.2) is 43.2 Å². The van der Waals surface area contributed by atoms with Crippen LogP contribution in [0.25, 0.3) is 0 Å². The van der Waals surface area contributed by atoms with E-state index in [1.54, 1.807) is 6.07 Å². The second kappa shape index (κ2) is 6.70. The smallest absolute Gasteiger partial charge is 0.412 e. The van der Waals surface area contributed by atoms with Gasteiger partial charge in [-0.05, 0) is 6.07 Å². The van der Waals surface area contributed by atoms with Crippen molar-refractivity contribution in [2.24, 2.45) is 0 Å². The SMILES string of the molecule is COC(COC(=O)Nc1ccncn1)OC. The quantitative estimate of drug-likeness (QED) is 0.743. The first-order valence-electron chi connectivity index (χ1n) is 4.51. The Kier molecular flexibility index (Phi) is 5.17. The summed E-state index contributed by atoms with van der Waals surface area (Å²) in [7, 11) is 2.92. The number of rotatable bonds is 5. The van der Waals surface area contributed by atoms with E-state index in [9.17, 15) is 4.79 Å². The third-order valence-electron chi connectivity index (χ3n) is 1.69. The lowest BCUT2D eigenvalue weighted by Crippen LogP contribution is -2.25. The summed E-state index contributed by atoms with van der Waals surface area (Å²) in [5, 5.41) is 2.42. The van der Waals surface area contributed by atoms with Crippen LogP contribution in [0.4, 0.5) is 10.6 Å². The van der Waals surface area contributed by atoms with Gasteiger partial charge in [0.15, 0.2) is 6.29 Å². The summed E-state index contributed by atoms with van der Waals surface area (Å²) in [6.07, 6.45) is 1.63. The van der Waals surface area contributed by atoms with Gasteiger partial charge in [0, 0.05) is 20.4 Å². The van der Waals surface area contributed by atoms with Gasteiger partial charge < -0.3 is 14.2 Å². The third-order valence-corrected chi connectivity index (χ3v) is 1.69. The third kappa shape index (κ3) is 4.20. The van der Waals surface area contributed by atoms with Crippen molar-refractivity contribution in [1.29, 1.82) is 0 Å². The number of aromatic nitrogens is 2. The Morgan fingerprint density at radius 3 is 2.81 bits per heavy atom. The number of nitrogens with zero attached hydrogens (tertiary/aromatic N) is 2. The Morgan fingerprint density at radius 2 is 2.25 bits per heavy atom. The highest BCUT2D eigenvalue weighted by Crippen LogP contribution is 2.00. The van der Waals surface area contributed by atoms with Crippen molar-refractivity contribution in [3.05, 3.63) is 18.6 Å². The molecule has 1 N–H and O–H groups in total. The van der Waals surface area contributed by atoms with Crippen LogP contribution >= 0.6 is 0 Å². The average molecular weight is 227 g/mol. The summed E-state index contributed by atoms with van der Waals surface area (Å²) in [6.45, 7) is 0.00389. The van der Waals surface area contributed by atoms with Crippen molar-refractivity contribution < 1.29 is 19.0 Å². The highest BCUT2D eigenvalue weighted by molar-refractivity contribution is 5.83. The van der Waals surface area contributed by atoms with E-state index in [0.29, 0.717) is 5.82 Å². The second-order valence-electron chi connectivity index (χ2n) is 2.72. The number of carbonyl (C=O) groups excluding carboxylic acids is 1. The van der Waals surface area contributed by atoms with E-state index in [1.165, 1.54) is 26.7 Å². The lowest BCUT2D eigenvalue weighted by molar-refractivity contribution is -0.127. The normalized spacial score (nSPS) is 10.2. The number of amides is 1. The fourth-order valence-corrected chi connectivity index (χ4v) is 0.881. The van der Waals surface area contributed by atoms with Crippen molar-refractivity contribution in [3.63, 3.8) is 0 Å². The van der Waals surface area contributed by atoms with E-state index in [2.05, 4.69) is 15.3 Å². The molecule has 0 radical (unpaired) electrons. The first-order chi connectivity index (χ1) is 7.76. The fraction of sp³-hybridized carbons (Fsp3) is 0.444. The van der Waals surface area contributed by atoms with Crippen molar-refractivity contribution in [2.75, 3.05) is 26.1 Å². The summed E-state index contributed by atoms with van der Waals surface area (Å²) in [5.41, 5.74) is 0. The van der Waals surface area contributed by atoms with Gasteiger partial charge in [0.05, 0.1) is 0 Å². The minimum atomic E-state index is -0.627. The molecule has 0 saturated carbocycles. The van der Waals surface area contributed by atoms with Crippen LogP contribution < -0.4 is 5.32 Å². The zero-order valence-electron chi connectivity index (χ0n) is 9.04. The van der Waals surface area contributed by atoms with Crippen molar-refractivity contribution >= 4 is 11.9 Å². The number of nitrogens with one attached hydrogen (secondary N) is 1. The molecule has 0 aliphatic heterocycles. The lowest BCUT2D eigenvalue weighted by atomic mass is 10.6. The van der Waals surface area contributed by atoms with Crippen molar-refractivity contribution in [1.82, 2.24) is 9.97 Å². The molecule has 1 rings (SSSR count). The van der Waals surface area contributed by atoms with Gasteiger partial charge in [0.1, 0.15) is 18.8 Å². The zero-order valence-corrected chi connectivity index (χ0v) is 9.04. The molecule has 0 aliphatic rings. The highest BCUT2D eigenvalue weighted by atomic mass is 16.7. The largest absolute Gasteiger partial charge is 0.444 e. The molecule has 0 saturated heterocycles. The van der Waals surface area contributed by atoms with Gasteiger partial charge >= 0.3 is 6.09 Å². The zero-order chi connectivity index (χ0) is 11.8. The van der Waals surface area contributed by atoms with Gasteiger partial charge in [0.25, 0.3) is 0 Å². The molecule has 0 atom stereocenters. The molecule has 0 spiro atoms. The van der Waals surface area contributed by atoms with Gasteiger partial charge in [-0.1, -0.05) is 0 Å². The molecule has 1 aromatic heterocycles. The maximum atomic E-state index is 11.2. The molecule has 0 fully saturated rings. The Hall–Kier alpha value is -1.73. The predicted molar refractivity (Wildman–Crippen MR) is 54.8 cm³/mol. The van der Waals surface area contributed by atoms with E-state index in [0.717, 1.165) is 0 Å². The van der Waals surface area contributed by atoms with Crippen LogP contribution in [-0.2, 0) is 14.2 Å². The molecule has 7 heteroatoms. The van der Waals surface area contributed by atoms with E-state index in [-0.39, 0.29) is 6.61 Å². The number of methoxy groups -OCH3 is 2. The Balaban J connectivity index is 2.31. The minimum absolute atomic E-state index is 0.00389. The average Bonchev–Trinajstić information content (AvgIpc) is 2.31. The van der Waals surface area contributed by atoms with Gasteiger partial charge in [-0.25, -0.2) is 14.8 Å². The molecule has 0 unspecified atom stereocenters. The maximum absolute atomic E-state index is 11.2. The molecule has 7 nitrogen and oxygen atoms in total. The van der Waals surface area contributed by atoms with Crippen LogP contribution in [0.5, 0.6) is 0 Å². The summed E-state index contributed by atoms with van der Waals surface area (Å²) < 4.78 is 14.5. The molecule has 1 heterocycles. The number of anilines is 1. The van der Waals surface area contributed by atoms with Crippen molar-refractivity contribution in [2.45, 2.75) is 6.29 Å². The molecule has 0 bridgehead atoms. The molecule has 1 amide bonds. The molecular weight excluding hydrogens is 214 g/mol. The maximum Gasteiger partial charge on any atom is 0.412 e. The minimum Gasteiger partial charge on any atom is -0.444 e. The van der Waals surface area contributed by atoms with E-state index in [4.69, 9.17) is 14.2 Å². The molecule has 0 aliphatic carbocycles. The number of ether oxygens (including phenoxy) is 3. The number of hydrogen-bond acceptors (Lipinski definition) is 6. The van der Waals surface area contributed by atoms with Crippen LogP contribution in [0, 0.1) is 0 Å². The van der Waals surface area contributed by atoms with E-state index in [1.807, 2.05) is 0 Å². The monoisotopic (exact) mass is 227 g/mol. The van der Waals surface area contributed by atoms with E-state index < -0.39 is 12.4 Å². The Bertz CT molecular complexity index is 316. The van der Waals surface area contributed by atoms with Crippen LogP contribution in [0.3, 0.4) is 0 Å². The molecule has 88 valence electrons. The van der Waals surface area contributed by atoms with Gasteiger partial charge in [-0.2, -0.15) is 0 Å². The van der Waals surface area contributed by atoms with Crippen LogP contribution in [0.15, 0.2) is 18.6 Å². The molecule has 1 aromatic rings. The Morgan fingerprint density at radius 1 is 1.50 bits per heavy atom. The lowest BCUT2D eigenvalue weighted by Gasteiger charge is -2.13. The van der Waals surface area contributed by atoms with Crippen LogP contribution in [0.1, 0.15) is 0 Å². The van der Waals surface area contributed by atoms with Gasteiger partial charge in [-0.3, -0.25) is 5.32 Å². The topological polar surface area (TPSA) is 82.6 Å². The first-order valence-corrected chi connectivity index (χ1v) is 4.51. The van der Waals surface area contributed by atoms with E-state index >= 15 is 0 Å². The van der Waals surface area contributed by atoms with Crippen LogP contribution in [0.2, 0.25) is 0 Å². The molecular formula is C9H13N3O4.